The van der Waals surface area contributed by atoms with Crippen molar-refractivity contribution < 1.29 is 17.9 Å². The van der Waals surface area contributed by atoms with Crippen LogP contribution in [-0.2, 0) is 9.84 Å². The molecule has 0 saturated heterocycles. The van der Waals surface area contributed by atoms with Crippen LogP contribution >= 0.6 is 11.6 Å². The van der Waals surface area contributed by atoms with Gasteiger partial charge in [-0.1, -0.05) is 23.7 Å². The monoisotopic (exact) mass is 481 g/mol. The van der Waals surface area contributed by atoms with Crippen LogP contribution in [0.5, 0.6) is 5.75 Å². The first-order valence-corrected chi connectivity index (χ1v) is 12.1. The van der Waals surface area contributed by atoms with E-state index >= 15 is 0 Å². The summed E-state index contributed by atoms with van der Waals surface area (Å²) in [6.45, 7) is 0. The van der Waals surface area contributed by atoms with Gasteiger partial charge in [-0.3, -0.25) is 9.89 Å². The molecule has 4 rings (SSSR count). The fourth-order valence-corrected chi connectivity index (χ4v) is 4.26. The Bertz CT molecular complexity index is 1430. The molecule has 0 unspecified atom stereocenters. The lowest BCUT2D eigenvalue weighted by atomic mass is 9.98. The smallest absolute Gasteiger partial charge is 0.256 e. The Kier molecular flexibility index (Phi) is 6.22. The lowest BCUT2D eigenvalue weighted by Gasteiger charge is -2.14. The molecule has 0 fully saturated rings. The van der Waals surface area contributed by atoms with Gasteiger partial charge >= 0.3 is 0 Å². The van der Waals surface area contributed by atoms with Gasteiger partial charge in [0.1, 0.15) is 5.75 Å². The van der Waals surface area contributed by atoms with Gasteiger partial charge in [0.2, 0.25) is 0 Å². The predicted octanol–water partition coefficient (Wildman–Crippen LogP) is 5.06. The molecule has 0 radical (unpaired) electrons. The van der Waals surface area contributed by atoms with Crippen LogP contribution in [0.1, 0.15) is 10.4 Å². The molecule has 0 spiro atoms. The number of carbonyl (C=O) groups excluding carboxylic acids is 1. The van der Waals surface area contributed by atoms with Crippen molar-refractivity contribution in [3.63, 3.8) is 0 Å². The SMILES string of the molecule is COc1cccc(-c2cc(S(C)(=O)=O)ccc2C(=O)Nc2ccc(Cl)c(-c3ccn[nH]3)c2)c1. The van der Waals surface area contributed by atoms with E-state index in [-0.39, 0.29) is 4.90 Å². The number of benzene rings is 3. The van der Waals surface area contributed by atoms with Crippen LogP contribution in [0.15, 0.2) is 77.8 Å². The number of aromatic amines is 1. The molecule has 1 amide bonds. The van der Waals surface area contributed by atoms with E-state index in [1.54, 1.807) is 54.7 Å². The number of nitrogens with one attached hydrogen (secondary N) is 2. The van der Waals surface area contributed by atoms with E-state index in [9.17, 15) is 13.2 Å². The summed E-state index contributed by atoms with van der Waals surface area (Å²) in [4.78, 5) is 13.4. The summed E-state index contributed by atoms with van der Waals surface area (Å²) in [6.07, 6.45) is 2.74. The number of hydrogen-bond donors (Lipinski definition) is 2. The first kappa shape index (κ1) is 22.6. The number of carbonyl (C=O) groups is 1. The van der Waals surface area contributed by atoms with Gasteiger partial charge in [-0.25, -0.2) is 8.42 Å². The highest BCUT2D eigenvalue weighted by atomic mass is 35.5. The third-order valence-electron chi connectivity index (χ3n) is 5.06. The topological polar surface area (TPSA) is 101 Å². The van der Waals surface area contributed by atoms with Crippen LogP contribution in [0.3, 0.4) is 0 Å². The van der Waals surface area contributed by atoms with Crippen LogP contribution in [0.4, 0.5) is 5.69 Å². The lowest BCUT2D eigenvalue weighted by Crippen LogP contribution is -2.14. The molecule has 0 aliphatic heterocycles. The number of aromatic nitrogens is 2. The highest BCUT2D eigenvalue weighted by molar-refractivity contribution is 7.90. The fraction of sp³-hybridized carbons (Fsp3) is 0.0833. The Hall–Kier alpha value is -3.62. The molecule has 0 bridgehead atoms. The van der Waals surface area contributed by atoms with E-state index in [1.165, 1.54) is 25.3 Å². The maximum Gasteiger partial charge on any atom is 0.256 e. The van der Waals surface area contributed by atoms with Crippen molar-refractivity contribution in [2.45, 2.75) is 4.90 Å². The van der Waals surface area contributed by atoms with E-state index in [1.807, 2.05) is 0 Å². The van der Waals surface area contributed by atoms with Crippen molar-refractivity contribution >= 4 is 33.0 Å². The lowest BCUT2D eigenvalue weighted by molar-refractivity contribution is 0.102. The summed E-state index contributed by atoms with van der Waals surface area (Å²) in [6, 6.07) is 18.4. The van der Waals surface area contributed by atoms with E-state index in [2.05, 4.69) is 15.5 Å². The molecule has 1 heterocycles. The average Bonchev–Trinajstić information content (AvgIpc) is 3.34. The van der Waals surface area contributed by atoms with Gasteiger partial charge in [-0.15, -0.1) is 0 Å². The summed E-state index contributed by atoms with van der Waals surface area (Å²) >= 11 is 6.31. The normalized spacial score (nSPS) is 11.2. The van der Waals surface area contributed by atoms with Gasteiger partial charge < -0.3 is 10.1 Å². The molecule has 33 heavy (non-hydrogen) atoms. The van der Waals surface area contributed by atoms with Crippen LogP contribution in [0.2, 0.25) is 5.02 Å². The number of sulfone groups is 1. The van der Waals surface area contributed by atoms with Crippen molar-refractivity contribution in [1.29, 1.82) is 0 Å². The van der Waals surface area contributed by atoms with Gasteiger partial charge in [0.25, 0.3) is 5.91 Å². The van der Waals surface area contributed by atoms with Crippen molar-refractivity contribution in [3.8, 4) is 28.1 Å². The molecule has 3 aromatic carbocycles. The largest absolute Gasteiger partial charge is 0.497 e. The molecular formula is C24H20ClN3O4S. The summed E-state index contributed by atoms with van der Waals surface area (Å²) in [5.74, 6) is 0.191. The second-order valence-corrected chi connectivity index (χ2v) is 9.75. The molecule has 4 aromatic rings. The minimum atomic E-state index is -3.47. The molecule has 0 aliphatic carbocycles. The number of anilines is 1. The number of H-pyrrole nitrogens is 1. The maximum atomic E-state index is 13.3. The molecule has 168 valence electrons. The van der Waals surface area contributed by atoms with E-state index < -0.39 is 15.7 Å². The molecule has 1 aromatic heterocycles. The van der Waals surface area contributed by atoms with Crippen LogP contribution in [0.25, 0.3) is 22.4 Å². The van der Waals surface area contributed by atoms with Gasteiger partial charge in [-0.05, 0) is 65.7 Å². The zero-order chi connectivity index (χ0) is 23.6. The summed E-state index contributed by atoms with van der Waals surface area (Å²) < 4.78 is 29.6. The Morgan fingerprint density at radius 2 is 1.85 bits per heavy atom. The standard InChI is InChI=1S/C24H20ClN3O4S/c1-32-17-5-3-4-15(12-17)20-14-18(33(2,30)31)7-8-19(20)24(29)27-16-6-9-22(25)21(13-16)23-10-11-26-28-23/h3-14H,1-2H3,(H,26,28)(H,27,29). The van der Waals surface area contributed by atoms with Crippen molar-refractivity contribution in [1.82, 2.24) is 10.2 Å². The molecule has 0 atom stereocenters. The molecular weight excluding hydrogens is 462 g/mol. The van der Waals surface area contributed by atoms with Crippen molar-refractivity contribution in [3.05, 3.63) is 83.5 Å². The van der Waals surface area contributed by atoms with E-state index in [0.717, 1.165) is 6.26 Å². The van der Waals surface area contributed by atoms with Gasteiger partial charge in [0.15, 0.2) is 9.84 Å². The Morgan fingerprint density at radius 1 is 1.03 bits per heavy atom. The molecule has 9 heteroatoms. The highest BCUT2D eigenvalue weighted by Crippen LogP contribution is 2.32. The zero-order valence-corrected chi connectivity index (χ0v) is 19.4. The molecule has 0 saturated carbocycles. The maximum absolute atomic E-state index is 13.3. The van der Waals surface area contributed by atoms with Crippen molar-refractivity contribution in [2.24, 2.45) is 0 Å². The minimum Gasteiger partial charge on any atom is -0.497 e. The van der Waals surface area contributed by atoms with Crippen LogP contribution in [-0.4, -0.2) is 37.9 Å². The second kappa shape index (κ2) is 9.09. The first-order chi connectivity index (χ1) is 15.8. The fourth-order valence-electron chi connectivity index (χ4n) is 3.40. The molecule has 0 aliphatic rings. The quantitative estimate of drug-likeness (QED) is 0.400. The first-order valence-electron chi connectivity index (χ1n) is 9.85. The summed E-state index contributed by atoms with van der Waals surface area (Å²) in [7, 11) is -1.93. The number of amides is 1. The minimum absolute atomic E-state index is 0.116. The Labute approximate surface area is 196 Å². The summed E-state index contributed by atoms with van der Waals surface area (Å²) in [5.41, 5.74) is 3.36. The summed E-state index contributed by atoms with van der Waals surface area (Å²) in [5, 5.41) is 10.2. The van der Waals surface area contributed by atoms with Gasteiger partial charge in [0.05, 0.1) is 22.7 Å². The predicted molar refractivity (Wildman–Crippen MR) is 129 cm³/mol. The van der Waals surface area contributed by atoms with E-state index in [0.29, 0.717) is 44.4 Å². The third kappa shape index (κ3) is 4.92. The third-order valence-corrected chi connectivity index (χ3v) is 6.50. The van der Waals surface area contributed by atoms with Crippen LogP contribution < -0.4 is 10.1 Å². The van der Waals surface area contributed by atoms with Gasteiger partial charge in [0, 0.05) is 29.3 Å². The van der Waals surface area contributed by atoms with Gasteiger partial charge in [-0.2, -0.15) is 5.10 Å². The number of rotatable bonds is 6. The Morgan fingerprint density at radius 3 is 2.55 bits per heavy atom. The van der Waals surface area contributed by atoms with E-state index in [4.69, 9.17) is 16.3 Å². The number of halogens is 1. The zero-order valence-electron chi connectivity index (χ0n) is 17.8. The Balaban J connectivity index is 1.75. The van der Waals surface area contributed by atoms with Crippen LogP contribution in [0, 0.1) is 0 Å². The van der Waals surface area contributed by atoms with Crippen molar-refractivity contribution in [2.75, 3.05) is 18.7 Å². The number of ether oxygens (including phenoxy) is 1. The number of nitrogens with zero attached hydrogens (tertiary/aromatic N) is 1. The molecule has 2 N–H and O–H groups in total. The average molecular weight is 482 g/mol. The molecule has 7 nitrogen and oxygen atoms in total. The highest BCUT2D eigenvalue weighted by Gasteiger charge is 2.18. The second-order valence-electron chi connectivity index (χ2n) is 7.33. The number of methoxy groups -OCH3 is 1. The number of hydrogen-bond acceptors (Lipinski definition) is 5.